The fraction of sp³-hybridized carbons (Fsp3) is 0.524. The van der Waals surface area contributed by atoms with Crippen LogP contribution in [0, 0.1) is 0 Å². The third kappa shape index (κ3) is 4.64. The number of unbranched alkanes of at least 4 members (excludes halogenated alkanes) is 1. The molecule has 156 valence electrons. The Kier molecular flexibility index (Phi) is 6.20. The molecule has 2 aliphatic rings. The van der Waals surface area contributed by atoms with Crippen molar-refractivity contribution in [1.82, 2.24) is 15.2 Å². The number of nitrogens with one attached hydrogen (secondary N) is 2. The summed E-state index contributed by atoms with van der Waals surface area (Å²) in [7, 11) is 0. The van der Waals surface area contributed by atoms with Crippen LogP contribution in [0.3, 0.4) is 0 Å². The minimum atomic E-state index is -0.120. The second-order valence-corrected chi connectivity index (χ2v) is 7.90. The molecule has 8 heteroatoms. The van der Waals surface area contributed by atoms with Gasteiger partial charge in [0.25, 0.3) is 5.56 Å². The van der Waals surface area contributed by atoms with Crippen LogP contribution in [0.2, 0.25) is 0 Å². The molecule has 1 saturated heterocycles. The van der Waals surface area contributed by atoms with Gasteiger partial charge in [-0.3, -0.25) is 4.79 Å². The second-order valence-electron chi connectivity index (χ2n) is 7.52. The highest BCUT2D eigenvalue weighted by molar-refractivity contribution is 7.80. The molecule has 2 aliphatic heterocycles. The van der Waals surface area contributed by atoms with E-state index in [0.29, 0.717) is 35.3 Å². The molecule has 0 bridgehead atoms. The lowest BCUT2D eigenvalue weighted by Crippen LogP contribution is -2.44. The minimum absolute atomic E-state index is 0.120. The molecule has 0 unspecified atom stereocenters. The van der Waals surface area contributed by atoms with Crippen LogP contribution in [0.5, 0.6) is 11.5 Å². The Hall–Kier alpha value is -2.32. The number of aromatic amines is 1. The summed E-state index contributed by atoms with van der Waals surface area (Å²) in [5, 5.41) is 4.90. The maximum absolute atomic E-state index is 12.7. The summed E-state index contributed by atoms with van der Waals surface area (Å²) >= 11 is 5.64. The molecule has 0 aliphatic carbocycles. The third-order valence-corrected chi connectivity index (χ3v) is 5.72. The molecule has 29 heavy (non-hydrogen) atoms. The Morgan fingerprint density at radius 3 is 2.90 bits per heavy atom. The summed E-state index contributed by atoms with van der Waals surface area (Å²) in [6.45, 7) is 5.08. The van der Waals surface area contributed by atoms with Gasteiger partial charge in [-0.15, -0.1) is 0 Å². The molecule has 1 fully saturated rings. The number of ether oxygens (including phenoxy) is 3. The highest BCUT2D eigenvalue weighted by Gasteiger charge is 2.22. The summed E-state index contributed by atoms with van der Waals surface area (Å²) in [6.07, 6.45) is 4.39. The van der Waals surface area contributed by atoms with Crippen molar-refractivity contribution in [2.75, 3.05) is 26.5 Å². The Morgan fingerprint density at radius 1 is 1.31 bits per heavy atom. The molecule has 2 aromatic rings. The van der Waals surface area contributed by atoms with Gasteiger partial charge < -0.3 is 29.4 Å². The smallest absolute Gasteiger partial charge is 0.253 e. The predicted molar refractivity (Wildman–Crippen MR) is 116 cm³/mol. The molecule has 1 atom stereocenters. The van der Waals surface area contributed by atoms with Crippen molar-refractivity contribution < 1.29 is 14.2 Å². The van der Waals surface area contributed by atoms with Gasteiger partial charge in [0, 0.05) is 36.7 Å². The van der Waals surface area contributed by atoms with E-state index in [0.717, 1.165) is 49.7 Å². The van der Waals surface area contributed by atoms with E-state index in [2.05, 4.69) is 17.2 Å². The average Bonchev–Trinajstić information content (AvgIpc) is 3.38. The van der Waals surface area contributed by atoms with Crippen molar-refractivity contribution in [1.29, 1.82) is 0 Å². The molecular weight excluding hydrogens is 390 g/mol. The molecule has 0 saturated carbocycles. The molecule has 0 radical (unpaired) electrons. The Labute approximate surface area is 175 Å². The summed E-state index contributed by atoms with van der Waals surface area (Å²) in [6, 6.07) is 5.62. The standard InChI is InChI=1S/C21H27N3O4S/c1-2-3-6-22-21(29)24(12-16-5-4-7-26-16)11-15-8-14-9-18-19(28-13-27-18)10-17(14)23-20(15)25/h8-10,16H,2-7,11-13H2,1H3,(H,22,29)(H,23,25)/t16-/m0/s1. The summed E-state index contributed by atoms with van der Waals surface area (Å²) in [5.41, 5.74) is 1.27. The lowest BCUT2D eigenvalue weighted by molar-refractivity contribution is 0.0897. The van der Waals surface area contributed by atoms with Crippen molar-refractivity contribution in [3.05, 3.63) is 34.1 Å². The van der Waals surface area contributed by atoms with E-state index in [9.17, 15) is 4.79 Å². The number of pyridine rings is 1. The SMILES string of the molecule is CCCCNC(=S)N(Cc1cc2cc3c(cc2[nH]c1=O)OCO3)C[C@@H]1CCCO1. The van der Waals surface area contributed by atoms with Crippen molar-refractivity contribution in [3.8, 4) is 11.5 Å². The van der Waals surface area contributed by atoms with E-state index in [1.165, 1.54) is 0 Å². The number of rotatable bonds is 7. The Morgan fingerprint density at radius 2 is 2.14 bits per heavy atom. The molecule has 7 nitrogen and oxygen atoms in total. The van der Waals surface area contributed by atoms with E-state index in [4.69, 9.17) is 26.4 Å². The van der Waals surface area contributed by atoms with E-state index < -0.39 is 0 Å². The first kappa shape index (κ1) is 20.0. The molecule has 3 heterocycles. The number of thiocarbonyl (C=S) groups is 1. The fourth-order valence-electron chi connectivity index (χ4n) is 3.70. The van der Waals surface area contributed by atoms with Gasteiger partial charge in [-0.25, -0.2) is 0 Å². The largest absolute Gasteiger partial charge is 0.454 e. The molecule has 0 amide bonds. The first-order valence-corrected chi connectivity index (χ1v) is 10.6. The van der Waals surface area contributed by atoms with Crippen LogP contribution in [-0.4, -0.2) is 47.6 Å². The predicted octanol–water partition coefficient (Wildman–Crippen LogP) is 2.91. The molecule has 1 aromatic carbocycles. The van der Waals surface area contributed by atoms with Crippen LogP contribution in [0.25, 0.3) is 10.9 Å². The summed E-state index contributed by atoms with van der Waals surface area (Å²) < 4.78 is 16.7. The van der Waals surface area contributed by atoms with Gasteiger partial charge in [0.05, 0.1) is 18.2 Å². The van der Waals surface area contributed by atoms with Crippen LogP contribution in [0.1, 0.15) is 38.2 Å². The van der Waals surface area contributed by atoms with Crippen molar-refractivity contribution >= 4 is 28.2 Å². The molecule has 2 N–H and O–H groups in total. The number of hydrogen-bond donors (Lipinski definition) is 2. The van der Waals surface area contributed by atoms with Crippen LogP contribution >= 0.6 is 12.2 Å². The fourth-order valence-corrected chi connectivity index (χ4v) is 3.94. The Bertz CT molecular complexity index is 939. The number of fused-ring (bicyclic) bond motifs is 2. The lowest BCUT2D eigenvalue weighted by Gasteiger charge is -2.28. The van der Waals surface area contributed by atoms with Crippen LogP contribution in [0.4, 0.5) is 0 Å². The van der Waals surface area contributed by atoms with Gasteiger partial charge in [-0.05, 0) is 43.6 Å². The normalized spacial score (nSPS) is 17.6. The number of H-pyrrole nitrogens is 1. The van der Waals surface area contributed by atoms with Crippen LogP contribution in [-0.2, 0) is 11.3 Å². The quantitative estimate of drug-likeness (QED) is 0.530. The number of benzene rings is 1. The van der Waals surface area contributed by atoms with Gasteiger partial charge in [-0.1, -0.05) is 13.3 Å². The summed E-state index contributed by atoms with van der Waals surface area (Å²) in [4.78, 5) is 17.8. The Balaban J connectivity index is 1.57. The zero-order chi connectivity index (χ0) is 20.2. The van der Waals surface area contributed by atoms with Crippen molar-refractivity contribution in [2.24, 2.45) is 0 Å². The highest BCUT2D eigenvalue weighted by Crippen LogP contribution is 2.35. The number of hydrogen-bond acceptors (Lipinski definition) is 5. The average molecular weight is 418 g/mol. The summed E-state index contributed by atoms with van der Waals surface area (Å²) in [5.74, 6) is 1.35. The first-order chi connectivity index (χ1) is 14.1. The zero-order valence-corrected chi connectivity index (χ0v) is 17.5. The number of aromatic nitrogens is 1. The molecule has 0 spiro atoms. The maximum Gasteiger partial charge on any atom is 0.253 e. The first-order valence-electron chi connectivity index (χ1n) is 10.2. The topological polar surface area (TPSA) is 75.8 Å². The highest BCUT2D eigenvalue weighted by atomic mass is 32.1. The monoisotopic (exact) mass is 417 g/mol. The number of nitrogens with zero attached hydrogens (tertiary/aromatic N) is 1. The second kappa shape index (κ2) is 9.00. The van der Waals surface area contributed by atoms with Crippen molar-refractivity contribution in [3.63, 3.8) is 0 Å². The van der Waals surface area contributed by atoms with Gasteiger partial charge in [0.1, 0.15) is 0 Å². The van der Waals surface area contributed by atoms with E-state index >= 15 is 0 Å². The van der Waals surface area contributed by atoms with E-state index in [-0.39, 0.29) is 18.5 Å². The van der Waals surface area contributed by atoms with Gasteiger partial charge >= 0.3 is 0 Å². The maximum atomic E-state index is 12.7. The molecular formula is C21H27N3O4S. The molecule has 4 rings (SSSR count). The van der Waals surface area contributed by atoms with Gasteiger partial charge in [-0.2, -0.15) is 0 Å². The molecule has 1 aromatic heterocycles. The third-order valence-electron chi connectivity index (χ3n) is 5.32. The van der Waals surface area contributed by atoms with Crippen LogP contribution in [0.15, 0.2) is 23.0 Å². The van der Waals surface area contributed by atoms with E-state index in [1.54, 1.807) is 0 Å². The van der Waals surface area contributed by atoms with Gasteiger partial charge in [0.15, 0.2) is 16.6 Å². The lowest BCUT2D eigenvalue weighted by atomic mass is 10.1. The van der Waals surface area contributed by atoms with Crippen molar-refractivity contribution in [2.45, 2.75) is 45.3 Å². The van der Waals surface area contributed by atoms with Gasteiger partial charge in [0.2, 0.25) is 6.79 Å². The van der Waals surface area contributed by atoms with E-state index in [1.807, 2.05) is 23.1 Å². The minimum Gasteiger partial charge on any atom is -0.454 e. The zero-order valence-electron chi connectivity index (χ0n) is 16.7. The van der Waals surface area contributed by atoms with Crippen LogP contribution < -0.4 is 20.3 Å².